The second-order valence-electron chi connectivity index (χ2n) is 7.09. The van der Waals surface area contributed by atoms with Crippen LogP contribution in [0.1, 0.15) is 70.2 Å². The lowest BCUT2D eigenvalue weighted by molar-refractivity contribution is 0.583. The number of benzene rings is 1. The Bertz CT molecular complexity index is 587. The Morgan fingerprint density at radius 2 is 1.45 bits per heavy atom. The van der Waals surface area contributed by atoms with Gasteiger partial charge in [0.25, 0.3) is 0 Å². The number of para-hydroxylation sites is 1. The van der Waals surface area contributed by atoms with E-state index in [0.29, 0.717) is 11.8 Å². The Kier molecular flexibility index (Phi) is 4.90. The van der Waals surface area contributed by atoms with Crippen LogP contribution in [0.15, 0.2) is 42.6 Å². The van der Waals surface area contributed by atoms with E-state index in [-0.39, 0.29) is 5.54 Å². The maximum atomic E-state index is 4.53. The van der Waals surface area contributed by atoms with Gasteiger partial charge in [-0.3, -0.25) is 4.98 Å². The summed E-state index contributed by atoms with van der Waals surface area (Å²) in [5.74, 6) is 0.974. The Hall–Kier alpha value is -1.83. The van der Waals surface area contributed by atoms with Crippen LogP contribution in [0.25, 0.3) is 0 Å². The van der Waals surface area contributed by atoms with E-state index in [1.54, 1.807) is 0 Å². The fraction of sp³-hybridized carbons (Fsp3) is 0.450. The highest BCUT2D eigenvalue weighted by atomic mass is 15.0. The number of anilines is 1. The Balaban J connectivity index is 2.48. The molecule has 1 heterocycles. The van der Waals surface area contributed by atoms with Crippen LogP contribution >= 0.6 is 0 Å². The summed E-state index contributed by atoms with van der Waals surface area (Å²) in [7, 11) is 0. The van der Waals surface area contributed by atoms with Crippen molar-refractivity contribution in [2.75, 3.05) is 5.32 Å². The summed E-state index contributed by atoms with van der Waals surface area (Å²) in [6.07, 6.45) is 1.86. The number of pyridine rings is 1. The maximum Gasteiger partial charge on any atom is 0.0739 e. The molecule has 0 aliphatic heterocycles. The lowest BCUT2D eigenvalue weighted by Crippen LogP contribution is -2.30. The van der Waals surface area contributed by atoms with Crippen LogP contribution in [-0.2, 0) is 5.54 Å². The molecule has 0 aliphatic carbocycles. The average molecular weight is 296 g/mol. The Labute approximate surface area is 135 Å². The molecule has 1 aromatic heterocycles. The van der Waals surface area contributed by atoms with Gasteiger partial charge in [0.2, 0.25) is 0 Å². The smallest absolute Gasteiger partial charge is 0.0739 e. The zero-order valence-electron chi connectivity index (χ0n) is 14.6. The largest absolute Gasteiger partial charge is 0.374 e. The van der Waals surface area contributed by atoms with Crippen LogP contribution in [0.2, 0.25) is 0 Å². The number of hydrogen-bond donors (Lipinski definition) is 1. The molecule has 0 amide bonds. The van der Waals surface area contributed by atoms with Crippen molar-refractivity contribution >= 4 is 5.69 Å². The van der Waals surface area contributed by atoms with Crippen molar-refractivity contribution < 1.29 is 0 Å². The molecule has 0 unspecified atom stereocenters. The second-order valence-corrected chi connectivity index (χ2v) is 7.09. The van der Waals surface area contributed by atoms with Gasteiger partial charge in [0.15, 0.2) is 0 Å². The minimum atomic E-state index is -0.212. The van der Waals surface area contributed by atoms with E-state index in [1.165, 1.54) is 16.8 Å². The fourth-order valence-electron chi connectivity index (χ4n) is 2.80. The van der Waals surface area contributed by atoms with Gasteiger partial charge in [0, 0.05) is 11.9 Å². The molecule has 0 saturated carbocycles. The maximum absolute atomic E-state index is 4.53. The van der Waals surface area contributed by atoms with Crippen LogP contribution < -0.4 is 5.32 Å². The molecule has 0 fully saturated rings. The van der Waals surface area contributed by atoms with E-state index < -0.39 is 0 Å². The summed E-state index contributed by atoms with van der Waals surface area (Å²) >= 11 is 0. The normalized spacial score (nSPS) is 12.0. The van der Waals surface area contributed by atoms with E-state index in [1.807, 2.05) is 18.3 Å². The third-order valence-corrected chi connectivity index (χ3v) is 4.12. The summed E-state index contributed by atoms with van der Waals surface area (Å²) in [4.78, 5) is 4.53. The summed E-state index contributed by atoms with van der Waals surface area (Å²) in [5, 5.41) is 3.77. The highest BCUT2D eigenvalue weighted by Gasteiger charge is 2.25. The Morgan fingerprint density at radius 3 is 1.91 bits per heavy atom. The average Bonchev–Trinajstić information content (AvgIpc) is 2.47. The van der Waals surface area contributed by atoms with E-state index in [9.17, 15) is 0 Å². The summed E-state index contributed by atoms with van der Waals surface area (Å²) in [5.41, 5.74) is 4.85. The minimum Gasteiger partial charge on any atom is -0.374 e. The van der Waals surface area contributed by atoms with Gasteiger partial charge in [0.05, 0.1) is 11.2 Å². The van der Waals surface area contributed by atoms with Gasteiger partial charge in [-0.2, -0.15) is 0 Å². The Morgan fingerprint density at radius 1 is 0.864 bits per heavy atom. The zero-order valence-corrected chi connectivity index (χ0v) is 14.6. The second kappa shape index (κ2) is 6.51. The van der Waals surface area contributed by atoms with Crippen molar-refractivity contribution in [3.8, 4) is 0 Å². The predicted octanol–water partition coefficient (Wildman–Crippen LogP) is 5.68. The van der Waals surface area contributed by atoms with Gasteiger partial charge in [-0.15, -0.1) is 0 Å². The molecule has 2 rings (SSSR count). The molecular formula is C20H28N2. The van der Waals surface area contributed by atoms with Gasteiger partial charge in [-0.25, -0.2) is 0 Å². The van der Waals surface area contributed by atoms with Gasteiger partial charge < -0.3 is 5.32 Å². The van der Waals surface area contributed by atoms with Crippen molar-refractivity contribution in [1.82, 2.24) is 4.98 Å². The van der Waals surface area contributed by atoms with Crippen molar-refractivity contribution in [3.63, 3.8) is 0 Å². The van der Waals surface area contributed by atoms with Gasteiger partial charge in [-0.05, 0) is 48.9 Å². The predicted molar refractivity (Wildman–Crippen MR) is 95.5 cm³/mol. The molecule has 0 aliphatic rings. The first-order valence-corrected chi connectivity index (χ1v) is 8.15. The number of hydrogen-bond acceptors (Lipinski definition) is 2. The molecule has 2 nitrogen and oxygen atoms in total. The van der Waals surface area contributed by atoms with Crippen molar-refractivity contribution in [2.24, 2.45) is 0 Å². The van der Waals surface area contributed by atoms with E-state index in [4.69, 9.17) is 0 Å². The van der Waals surface area contributed by atoms with Crippen LogP contribution in [0.4, 0.5) is 5.69 Å². The van der Waals surface area contributed by atoms with Crippen molar-refractivity contribution in [2.45, 2.75) is 58.9 Å². The quantitative estimate of drug-likeness (QED) is 0.768. The topological polar surface area (TPSA) is 24.9 Å². The number of aromatic nitrogens is 1. The molecule has 0 saturated heterocycles. The van der Waals surface area contributed by atoms with Crippen molar-refractivity contribution in [3.05, 3.63) is 59.4 Å². The summed E-state index contributed by atoms with van der Waals surface area (Å²) in [6.45, 7) is 13.4. The monoisotopic (exact) mass is 296 g/mol. The van der Waals surface area contributed by atoms with E-state index in [0.717, 1.165) is 5.69 Å². The minimum absolute atomic E-state index is 0.212. The highest BCUT2D eigenvalue weighted by molar-refractivity contribution is 5.61. The summed E-state index contributed by atoms with van der Waals surface area (Å²) in [6, 6.07) is 12.7. The zero-order chi connectivity index (χ0) is 16.3. The molecule has 0 atom stereocenters. The molecule has 0 radical (unpaired) electrons. The fourth-order valence-corrected chi connectivity index (χ4v) is 2.80. The molecule has 22 heavy (non-hydrogen) atoms. The molecule has 1 aromatic carbocycles. The SMILES string of the molecule is CC(C)c1cccc(C(C)C)c1NC(C)(C)c1ccccn1. The molecule has 0 spiro atoms. The molecule has 118 valence electrons. The van der Waals surface area contributed by atoms with Crippen LogP contribution in [-0.4, -0.2) is 4.98 Å². The van der Waals surface area contributed by atoms with Crippen LogP contribution in [0.5, 0.6) is 0 Å². The van der Waals surface area contributed by atoms with Gasteiger partial charge in [-0.1, -0.05) is 52.0 Å². The molecule has 2 heteroatoms. The first-order chi connectivity index (χ1) is 10.3. The lowest BCUT2D eigenvalue weighted by Gasteiger charge is -2.31. The first-order valence-electron chi connectivity index (χ1n) is 8.15. The molecule has 2 aromatic rings. The molecule has 1 N–H and O–H groups in total. The number of nitrogens with zero attached hydrogens (tertiary/aromatic N) is 1. The van der Waals surface area contributed by atoms with Crippen molar-refractivity contribution in [1.29, 1.82) is 0 Å². The third kappa shape index (κ3) is 3.49. The van der Waals surface area contributed by atoms with Crippen LogP contribution in [0, 0.1) is 0 Å². The van der Waals surface area contributed by atoms with Gasteiger partial charge >= 0.3 is 0 Å². The number of rotatable bonds is 5. The first kappa shape index (κ1) is 16.5. The van der Waals surface area contributed by atoms with E-state index in [2.05, 4.69) is 76.1 Å². The highest BCUT2D eigenvalue weighted by Crippen LogP contribution is 2.36. The number of nitrogens with one attached hydrogen (secondary N) is 1. The van der Waals surface area contributed by atoms with Crippen LogP contribution in [0.3, 0.4) is 0 Å². The third-order valence-electron chi connectivity index (χ3n) is 4.12. The standard InChI is InChI=1S/C20H28N2/c1-14(2)16-10-9-11-17(15(3)4)19(16)22-20(5,6)18-12-7-8-13-21-18/h7-15,22H,1-6H3. The summed E-state index contributed by atoms with van der Waals surface area (Å²) < 4.78 is 0. The lowest BCUT2D eigenvalue weighted by atomic mass is 9.90. The molecular weight excluding hydrogens is 268 g/mol. The van der Waals surface area contributed by atoms with Gasteiger partial charge in [0.1, 0.15) is 0 Å². The van der Waals surface area contributed by atoms with E-state index >= 15 is 0 Å². The molecule has 0 bridgehead atoms.